The van der Waals surface area contributed by atoms with Crippen LogP contribution in [-0.2, 0) is 4.74 Å². The van der Waals surface area contributed by atoms with Gasteiger partial charge in [0.05, 0.1) is 29.3 Å². The molecule has 140 valence electrons. The highest BCUT2D eigenvalue weighted by Crippen LogP contribution is 2.32. The lowest BCUT2D eigenvalue weighted by Gasteiger charge is -2.28. The Morgan fingerprint density at radius 2 is 1.85 bits per heavy atom. The lowest BCUT2D eigenvalue weighted by Crippen LogP contribution is -2.36. The number of morpholine rings is 1. The van der Waals surface area contributed by atoms with Crippen LogP contribution in [0, 0.1) is 0 Å². The molecule has 0 aliphatic carbocycles. The van der Waals surface area contributed by atoms with Crippen molar-refractivity contribution in [2.75, 3.05) is 55.5 Å². The Balaban J connectivity index is 1.50. The molecule has 0 saturated carbocycles. The highest BCUT2D eigenvalue weighted by molar-refractivity contribution is 7.13. The summed E-state index contributed by atoms with van der Waals surface area (Å²) >= 11 is 1.58. The zero-order valence-corrected chi connectivity index (χ0v) is 16.2. The fourth-order valence-electron chi connectivity index (χ4n) is 2.99. The number of aromatic nitrogens is 3. The molecule has 0 bridgehead atoms. The maximum Gasteiger partial charge on any atom is 0.227 e. The summed E-state index contributed by atoms with van der Waals surface area (Å²) in [6.45, 7) is 3.43. The van der Waals surface area contributed by atoms with Gasteiger partial charge in [-0.2, -0.15) is 0 Å². The van der Waals surface area contributed by atoms with E-state index >= 15 is 0 Å². The van der Waals surface area contributed by atoms with Gasteiger partial charge in [-0.15, -0.1) is 11.3 Å². The van der Waals surface area contributed by atoms with E-state index in [9.17, 15) is 0 Å². The van der Waals surface area contributed by atoms with Gasteiger partial charge in [0.25, 0.3) is 0 Å². The quantitative estimate of drug-likeness (QED) is 0.726. The van der Waals surface area contributed by atoms with Gasteiger partial charge in [-0.25, -0.2) is 15.0 Å². The van der Waals surface area contributed by atoms with Gasteiger partial charge in [0, 0.05) is 44.8 Å². The Morgan fingerprint density at radius 3 is 2.59 bits per heavy atom. The van der Waals surface area contributed by atoms with Crippen LogP contribution in [0.1, 0.15) is 0 Å². The highest BCUT2D eigenvalue weighted by Gasteiger charge is 2.13. The second-order valence-corrected chi connectivity index (χ2v) is 7.29. The first-order chi connectivity index (χ1) is 13.2. The zero-order chi connectivity index (χ0) is 18.6. The van der Waals surface area contributed by atoms with Gasteiger partial charge in [0.15, 0.2) is 0 Å². The van der Waals surface area contributed by atoms with E-state index in [-0.39, 0.29) is 0 Å². The largest absolute Gasteiger partial charge is 0.378 e. The van der Waals surface area contributed by atoms with Gasteiger partial charge in [-0.05, 0) is 30.3 Å². The molecule has 3 heterocycles. The maximum absolute atomic E-state index is 5.41. The normalized spacial score (nSPS) is 14.2. The van der Waals surface area contributed by atoms with Crippen molar-refractivity contribution in [3.63, 3.8) is 0 Å². The van der Waals surface area contributed by atoms with Crippen LogP contribution >= 0.6 is 11.3 Å². The Bertz CT molecular complexity index is 889. The van der Waals surface area contributed by atoms with E-state index in [1.165, 1.54) is 5.69 Å². The smallest absolute Gasteiger partial charge is 0.227 e. The predicted octanol–water partition coefficient (Wildman–Crippen LogP) is 3.25. The minimum atomic E-state index is 0.574. The summed E-state index contributed by atoms with van der Waals surface area (Å²) in [5, 5.41) is 3.29. The van der Waals surface area contributed by atoms with Crippen molar-refractivity contribution in [1.29, 1.82) is 0 Å². The summed E-state index contributed by atoms with van der Waals surface area (Å²) < 4.78 is 5.41. The second-order valence-electron chi connectivity index (χ2n) is 6.44. The van der Waals surface area contributed by atoms with Crippen LogP contribution in [-0.4, -0.2) is 55.4 Å². The Kier molecular flexibility index (Phi) is 5.17. The van der Waals surface area contributed by atoms with E-state index in [0.717, 1.165) is 48.4 Å². The Hall–Kier alpha value is -2.71. The number of hydrogen-bond acceptors (Lipinski definition) is 8. The summed E-state index contributed by atoms with van der Waals surface area (Å²) in [4.78, 5) is 18.8. The zero-order valence-electron chi connectivity index (χ0n) is 15.4. The van der Waals surface area contributed by atoms with Gasteiger partial charge in [-0.3, -0.25) is 0 Å². The molecule has 0 atom stereocenters. The minimum absolute atomic E-state index is 0.574. The molecular formula is C19H22N6OS. The Labute approximate surface area is 162 Å². The first-order valence-corrected chi connectivity index (χ1v) is 9.73. The van der Waals surface area contributed by atoms with Gasteiger partial charge in [0.1, 0.15) is 5.82 Å². The van der Waals surface area contributed by atoms with Crippen molar-refractivity contribution in [3.8, 4) is 10.6 Å². The van der Waals surface area contributed by atoms with Crippen LogP contribution < -0.4 is 15.1 Å². The first-order valence-electron chi connectivity index (χ1n) is 8.85. The summed E-state index contributed by atoms with van der Waals surface area (Å²) in [6.07, 6.45) is 1.77. The van der Waals surface area contributed by atoms with E-state index in [1.807, 2.05) is 30.6 Å². The van der Waals surface area contributed by atoms with Gasteiger partial charge in [0.2, 0.25) is 5.95 Å². The molecule has 8 heteroatoms. The molecule has 0 amide bonds. The summed E-state index contributed by atoms with van der Waals surface area (Å²) in [5.41, 5.74) is 4.87. The predicted molar refractivity (Wildman–Crippen MR) is 110 cm³/mol. The summed E-state index contributed by atoms with van der Waals surface area (Å²) in [7, 11) is 3.96. The van der Waals surface area contributed by atoms with Crippen LogP contribution in [0.4, 0.5) is 23.1 Å². The SMILES string of the molecule is CN(C)c1ncsc1-c1ccnc(Nc2ccc(N3CCOCC3)cc2)n1. The molecule has 0 radical (unpaired) electrons. The van der Waals surface area contributed by atoms with Crippen LogP contribution in [0.25, 0.3) is 10.6 Å². The number of nitrogens with one attached hydrogen (secondary N) is 1. The van der Waals surface area contributed by atoms with Crippen molar-refractivity contribution in [2.24, 2.45) is 0 Å². The molecule has 0 spiro atoms. The monoisotopic (exact) mass is 382 g/mol. The third-order valence-electron chi connectivity index (χ3n) is 4.36. The van der Waals surface area contributed by atoms with E-state index in [1.54, 1.807) is 17.5 Å². The van der Waals surface area contributed by atoms with Crippen LogP contribution in [0.5, 0.6) is 0 Å². The number of anilines is 4. The van der Waals surface area contributed by atoms with E-state index in [2.05, 4.69) is 49.4 Å². The number of hydrogen-bond donors (Lipinski definition) is 1. The summed E-state index contributed by atoms with van der Waals surface area (Å²) in [5.74, 6) is 1.49. The number of benzene rings is 1. The topological polar surface area (TPSA) is 66.4 Å². The highest BCUT2D eigenvalue weighted by atomic mass is 32.1. The van der Waals surface area contributed by atoms with Crippen LogP contribution in [0.2, 0.25) is 0 Å². The number of ether oxygens (including phenoxy) is 1. The fraction of sp³-hybridized carbons (Fsp3) is 0.316. The molecule has 1 aromatic carbocycles. The lowest BCUT2D eigenvalue weighted by molar-refractivity contribution is 0.122. The average molecular weight is 382 g/mol. The molecule has 1 N–H and O–H groups in total. The average Bonchev–Trinajstić information content (AvgIpc) is 3.20. The Morgan fingerprint density at radius 1 is 1.07 bits per heavy atom. The minimum Gasteiger partial charge on any atom is -0.378 e. The molecule has 0 unspecified atom stereocenters. The van der Waals surface area contributed by atoms with Gasteiger partial charge < -0.3 is 19.9 Å². The number of rotatable bonds is 5. The van der Waals surface area contributed by atoms with Crippen molar-refractivity contribution in [3.05, 3.63) is 42.0 Å². The molecule has 4 rings (SSSR count). The van der Waals surface area contributed by atoms with Crippen LogP contribution in [0.3, 0.4) is 0 Å². The third kappa shape index (κ3) is 4.01. The van der Waals surface area contributed by atoms with Gasteiger partial charge >= 0.3 is 0 Å². The fourth-order valence-corrected chi connectivity index (χ4v) is 3.82. The molecule has 1 saturated heterocycles. The first kappa shape index (κ1) is 17.7. The molecule has 1 fully saturated rings. The molecule has 1 aliphatic heterocycles. The van der Waals surface area contributed by atoms with E-state index in [4.69, 9.17) is 4.74 Å². The number of nitrogens with zero attached hydrogens (tertiary/aromatic N) is 5. The van der Waals surface area contributed by atoms with E-state index in [0.29, 0.717) is 5.95 Å². The van der Waals surface area contributed by atoms with Crippen molar-refractivity contribution in [1.82, 2.24) is 15.0 Å². The standard InChI is InChI=1S/C19H22N6OS/c1-24(2)18-17(27-13-21-18)16-7-8-20-19(23-16)22-14-3-5-15(6-4-14)25-9-11-26-12-10-25/h3-8,13H,9-12H2,1-2H3,(H,20,22,23). The molecule has 1 aliphatic rings. The molecule has 27 heavy (non-hydrogen) atoms. The second kappa shape index (κ2) is 7.89. The number of thiazole rings is 1. The molecular weight excluding hydrogens is 360 g/mol. The van der Waals surface area contributed by atoms with Crippen molar-refractivity contribution >= 4 is 34.5 Å². The van der Waals surface area contributed by atoms with Crippen LogP contribution in [0.15, 0.2) is 42.0 Å². The molecule has 2 aromatic heterocycles. The van der Waals surface area contributed by atoms with Crippen molar-refractivity contribution < 1.29 is 4.74 Å². The van der Waals surface area contributed by atoms with Crippen molar-refractivity contribution in [2.45, 2.75) is 0 Å². The lowest BCUT2D eigenvalue weighted by atomic mass is 10.2. The molecule has 3 aromatic rings. The molecule has 7 nitrogen and oxygen atoms in total. The van der Waals surface area contributed by atoms with Gasteiger partial charge in [-0.1, -0.05) is 0 Å². The third-order valence-corrected chi connectivity index (χ3v) is 5.20. The summed E-state index contributed by atoms with van der Waals surface area (Å²) in [6, 6.07) is 10.3. The van der Waals surface area contributed by atoms with E-state index < -0.39 is 0 Å². The maximum atomic E-state index is 5.41.